The van der Waals surface area contributed by atoms with Crippen molar-refractivity contribution in [2.45, 2.75) is 6.92 Å². The molecular weight excluding hydrogens is 162 g/mol. The molecule has 0 spiro atoms. The van der Waals surface area contributed by atoms with Crippen LogP contribution < -0.4 is 5.32 Å². The molecule has 1 amide bonds. The number of amides is 1. The molecule has 0 atom stereocenters. The van der Waals surface area contributed by atoms with Gasteiger partial charge in [0.05, 0.1) is 0 Å². The molecule has 0 unspecified atom stereocenters. The molecule has 1 N–H and O–H groups in total. The Labute approximate surface area is 79.3 Å². The zero-order valence-corrected chi connectivity index (χ0v) is 7.92. The van der Waals surface area contributed by atoms with Crippen LogP contribution in [0.15, 0.2) is 49.1 Å². The summed E-state index contributed by atoms with van der Waals surface area (Å²) in [5.41, 5.74) is 0.444. The van der Waals surface area contributed by atoms with Crippen LogP contribution in [0.5, 0.6) is 0 Å². The van der Waals surface area contributed by atoms with Gasteiger partial charge in [-0.15, -0.1) is 6.58 Å². The van der Waals surface area contributed by atoms with Gasteiger partial charge in [0.1, 0.15) is 0 Å². The van der Waals surface area contributed by atoms with Gasteiger partial charge < -0.3 is 5.32 Å². The quantitative estimate of drug-likeness (QED) is 0.388. The average Bonchev–Trinajstić information content (AvgIpc) is 2.14. The number of nitrogens with one attached hydrogen (secondary N) is 1. The summed E-state index contributed by atoms with van der Waals surface area (Å²) in [6.07, 6.45) is 8.78. The third-order valence-corrected chi connectivity index (χ3v) is 1.30. The smallest absolute Gasteiger partial charge is 0.250 e. The van der Waals surface area contributed by atoms with Crippen molar-refractivity contribution < 1.29 is 4.79 Å². The molecule has 0 aliphatic rings. The van der Waals surface area contributed by atoms with E-state index in [0.29, 0.717) is 12.1 Å². The Hall–Kier alpha value is -1.57. The van der Waals surface area contributed by atoms with Crippen LogP contribution in [-0.2, 0) is 4.79 Å². The largest absolute Gasteiger partial charge is 0.349 e. The molecule has 70 valence electrons. The minimum Gasteiger partial charge on any atom is -0.349 e. The van der Waals surface area contributed by atoms with Crippen molar-refractivity contribution in [2.75, 3.05) is 6.54 Å². The third-order valence-electron chi connectivity index (χ3n) is 1.30. The van der Waals surface area contributed by atoms with Gasteiger partial charge in [0.25, 0.3) is 5.91 Å². The van der Waals surface area contributed by atoms with Crippen molar-refractivity contribution in [1.29, 1.82) is 0 Å². The maximum atomic E-state index is 11.2. The Morgan fingerprint density at radius 1 is 1.46 bits per heavy atom. The van der Waals surface area contributed by atoms with Crippen molar-refractivity contribution >= 4 is 5.91 Å². The lowest BCUT2D eigenvalue weighted by molar-refractivity contribution is -0.116. The van der Waals surface area contributed by atoms with E-state index in [1.54, 1.807) is 18.2 Å². The molecule has 0 heterocycles. The van der Waals surface area contributed by atoms with Gasteiger partial charge >= 0.3 is 0 Å². The molecule has 0 aromatic rings. The first-order chi connectivity index (χ1) is 6.22. The fourth-order valence-electron chi connectivity index (χ4n) is 0.637. The summed E-state index contributed by atoms with van der Waals surface area (Å²) in [6.45, 7) is 9.48. The van der Waals surface area contributed by atoms with E-state index in [1.165, 1.54) is 0 Å². The minimum atomic E-state index is -0.166. The van der Waals surface area contributed by atoms with Crippen LogP contribution in [0.3, 0.4) is 0 Å². The van der Waals surface area contributed by atoms with Crippen molar-refractivity contribution in [2.24, 2.45) is 0 Å². The first-order valence-corrected chi connectivity index (χ1v) is 4.09. The predicted octanol–water partition coefficient (Wildman–Crippen LogP) is 1.98. The standard InChI is InChI=1S/C11H15NO/c1-4-6-7-8-10(3)11(13)12-9-5-2/h4-8H,2-3,9H2,1H3,(H,12,13)/b6-4-,8-7-. The van der Waals surface area contributed by atoms with Crippen LogP contribution in [0.2, 0.25) is 0 Å². The van der Waals surface area contributed by atoms with Crippen LogP contribution in [0.1, 0.15) is 6.92 Å². The fraction of sp³-hybridized carbons (Fsp3) is 0.182. The Morgan fingerprint density at radius 2 is 2.15 bits per heavy atom. The highest BCUT2D eigenvalue weighted by atomic mass is 16.1. The Bertz CT molecular complexity index is 249. The minimum absolute atomic E-state index is 0.166. The van der Waals surface area contributed by atoms with Crippen molar-refractivity contribution in [3.8, 4) is 0 Å². The molecule has 0 aliphatic heterocycles. The average molecular weight is 177 g/mol. The molecule has 0 bridgehead atoms. The van der Waals surface area contributed by atoms with Gasteiger partial charge in [0.2, 0.25) is 0 Å². The summed E-state index contributed by atoms with van der Waals surface area (Å²) in [5.74, 6) is -0.166. The molecule has 0 aromatic heterocycles. The predicted molar refractivity (Wildman–Crippen MR) is 56.3 cm³/mol. The monoisotopic (exact) mass is 177 g/mol. The number of carbonyl (C=O) groups excluding carboxylic acids is 1. The lowest BCUT2D eigenvalue weighted by Crippen LogP contribution is -2.23. The Kier molecular flexibility index (Phi) is 6.24. The molecule has 0 rings (SSSR count). The maximum absolute atomic E-state index is 11.2. The van der Waals surface area contributed by atoms with Crippen molar-refractivity contribution in [1.82, 2.24) is 5.32 Å². The van der Waals surface area contributed by atoms with E-state index >= 15 is 0 Å². The fourth-order valence-corrected chi connectivity index (χ4v) is 0.637. The lowest BCUT2D eigenvalue weighted by atomic mass is 10.2. The van der Waals surface area contributed by atoms with E-state index in [9.17, 15) is 4.79 Å². The van der Waals surface area contributed by atoms with Crippen LogP contribution in [0.25, 0.3) is 0 Å². The van der Waals surface area contributed by atoms with E-state index in [-0.39, 0.29) is 5.91 Å². The van der Waals surface area contributed by atoms with Crippen LogP contribution in [0.4, 0.5) is 0 Å². The van der Waals surface area contributed by atoms with E-state index < -0.39 is 0 Å². The maximum Gasteiger partial charge on any atom is 0.250 e. The summed E-state index contributed by atoms with van der Waals surface area (Å²) < 4.78 is 0. The highest BCUT2D eigenvalue weighted by molar-refractivity contribution is 5.95. The summed E-state index contributed by atoms with van der Waals surface area (Å²) in [5, 5.41) is 2.63. The number of allylic oxidation sites excluding steroid dienone is 3. The molecular formula is C11H15NO. The topological polar surface area (TPSA) is 29.1 Å². The van der Waals surface area contributed by atoms with Crippen LogP contribution in [0, 0.1) is 0 Å². The van der Waals surface area contributed by atoms with E-state index in [0.717, 1.165) is 0 Å². The molecule has 2 heteroatoms. The molecule has 0 aliphatic carbocycles. The van der Waals surface area contributed by atoms with E-state index in [4.69, 9.17) is 0 Å². The van der Waals surface area contributed by atoms with Gasteiger partial charge in [-0.2, -0.15) is 0 Å². The zero-order chi connectivity index (χ0) is 10.1. The SMILES string of the molecule is C=CCNC(=O)C(=C)/C=C\C=C/C. The first kappa shape index (κ1) is 11.4. The van der Waals surface area contributed by atoms with E-state index in [1.807, 2.05) is 19.1 Å². The normalized spacial score (nSPS) is 10.5. The molecule has 0 saturated carbocycles. The molecule has 0 saturated heterocycles. The molecule has 0 fully saturated rings. The first-order valence-electron chi connectivity index (χ1n) is 4.09. The third kappa shape index (κ3) is 5.67. The zero-order valence-electron chi connectivity index (χ0n) is 7.92. The summed E-state index contributed by atoms with van der Waals surface area (Å²) in [7, 11) is 0. The Morgan fingerprint density at radius 3 is 2.69 bits per heavy atom. The number of carbonyl (C=O) groups is 1. The van der Waals surface area contributed by atoms with Crippen molar-refractivity contribution in [3.05, 3.63) is 49.1 Å². The van der Waals surface area contributed by atoms with Gasteiger partial charge in [-0.1, -0.05) is 37.0 Å². The second-order valence-corrected chi connectivity index (χ2v) is 2.41. The molecule has 0 radical (unpaired) electrons. The molecule has 0 aromatic carbocycles. The van der Waals surface area contributed by atoms with Gasteiger partial charge in [-0.25, -0.2) is 0 Å². The second-order valence-electron chi connectivity index (χ2n) is 2.41. The van der Waals surface area contributed by atoms with E-state index in [2.05, 4.69) is 18.5 Å². The number of rotatable bonds is 5. The summed E-state index contributed by atoms with van der Waals surface area (Å²) in [4.78, 5) is 11.2. The van der Waals surface area contributed by atoms with Gasteiger partial charge in [-0.3, -0.25) is 4.79 Å². The van der Waals surface area contributed by atoms with Gasteiger partial charge in [0.15, 0.2) is 0 Å². The van der Waals surface area contributed by atoms with Gasteiger partial charge in [-0.05, 0) is 6.92 Å². The molecule has 13 heavy (non-hydrogen) atoms. The van der Waals surface area contributed by atoms with Gasteiger partial charge in [0, 0.05) is 12.1 Å². The highest BCUT2D eigenvalue weighted by Crippen LogP contribution is 1.92. The van der Waals surface area contributed by atoms with Crippen LogP contribution in [-0.4, -0.2) is 12.5 Å². The van der Waals surface area contributed by atoms with Crippen LogP contribution >= 0.6 is 0 Å². The number of hydrogen-bond donors (Lipinski definition) is 1. The number of hydrogen-bond acceptors (Lipinski definition) is 1. The second kappa shape index (κ2) is 7.10. The highest BCUT2D eigenvalue weighted by Gasteiger charge is 1.99. The lowest BCUT2D eigenvalue weighted by Gasteiger charge is -1.99. The Balaban J connectivity index is 3.96. The summed E-state index contributed by atoms with van der Waals surface area (Å²) in [6, 6.07) is 0. The van der Waals surface area contributed by atoms with Crippen molar-refractivity contribution in [3.63, 3.8) is 0 Å². The molecule has 2 nitrogen and oxygen atoms in total. The summed E-state index contributed by atoms with van der Waals surface area (Å²) >= 11 is 0.